The van der Waals surface area contributed by atoms with Crippen molar-refractivity contribution in [1.29, 1.82) is 0 Å². The van der Waals surface area contributed by atoms with E-state index in [4.69, 9.17) is 4.74 Å². The fraction of sp³-hybridized carbons (Fsp3) is 0.111. The quantitative estimate of drug-likeness (QED) is 0.714. The summed E-state index contributed by atoms with van der Waals surface area (Å²) in [5, 5.41) is 2.75. The Morgan fingerprint density at radius 3 is 2.64 bits per heavy atom. The number of nitrogens with one attached hydrogen (secondary N) is 1. The summed E-state index contributed by atoms with van der Waals surface area (Å²) >= 11 is 3.36. The second kappa shape index (κ2) is 7.40. The van der Waals surface area contributed by atoms with Gasteiger partial charge in [-0.1, -0.05) is 22.0 Å². The number of halogens is 1. The third-order valence-corrected chi connectivity index (χ3v) is 4.15. The second-order valence-electron chi connectivity index (χ2n) is 5.34. The van der Waals surface area contributed by atoms with Crippen LogP contribution in [-0.4, -0.2) is 22.2 Å². The molecule has 0 aliphatic heterocycles. The average molecular weight is 402 g/mol. The monoisotopic (exact) mass is 401 g/mol. The topological polar surface area (TPSA) is 65.3 Å². The fourth-order valence-electron chi connectivity index (χ4n) is 2.39. The minimum absolute atomic E-state index is 0.0699. The van der Waals surface area contributed by atoms with Crippen LogP contribution in [0.4, 0.5) is 5.69 Å². The second-order valence-corrected chi connectivity index (χ2v) is 6.25. The molecule has 0 aliphatic rings. The summed E-state index contributed by atoms with van der Waals surface area (Å²) < 4.78 is 8.90. The van der Waals surface area contributed by atoms with Crippen LogP contribution in [0.2, 0.25) is 0 Å². The Labute approximate surface area is 152 Å². The summed E-state index contributed by atoms with van der Waals surface area (Å²) in [6, 6.07) is 14.4. The van der Waals surface area contributed by atoms with Crippen molar-refractivity contribution in [2.75, 3.05) is 12.4 Å². The molecule has 0 unspecified atom stereocenters. The van der Waals surface area contributed by atoms with E-state index in [1.807, 2.05) is 24.3 Å². The first-order valence-corrected chi connectivity index (χ1v) is 8.34. The fourth-order valence-corrected chi connectivity index (χ4v) is 2.65. The average Bonchev–Trinajstić information content (AvgIpc) is 2.96. The Balaban J connectivity index is 1.74. The van der Waals surface area contributed by atoms with Gasteiger partial charge >= 0.3 is 5.69 Å². The zero-order valence-electron chi connectivity index (χ0n) is 13.5. The van der Waals surface area contributed by atoms with Crippen LogP contribution in [0.3, 0.4) is 0 Å². The van der Waals surface area contributed by atoms with Gasteiger partial charge in [0, 0.05) is 28.6 Å². The molecule has 3 rings (SSSR count). The molecular formula is C18H16BrN3O3. The number of aromatic nitrogens is 2. The molecule has 0 fully saturated rings. The van der Waals surface area contributed by atoms with Crippen LogP contribution >= 0.6 is 15.9 Å². The first-order chi connectivity index (χ1) is 12.1. The number of rotatable bonds is 5. The minimum Gasteiger partial charge on any atom is -0.497 e. The van der Waals surface area contributed by atoms with E-state index in [1.165, 1.54) is 9.13 Å². The molecule has 0 aliphatic carbocycles. The zero-order chi connectivity index (χ0) is 17.8. The summed E-state index contributed by atoms with van der Waals surface area (Å²) in [4.78, 5) is 24.7. The molecule has 0 saturated carbocycles. The van der Waals surface area contributed by atoms with Crippen LogP contribution in [0.1, 0.15) is 0 Å². The molecule has 3 aromatic rings. The van der Waals surface area contributed by atoms with Crippen LogP contribution in [0.5, 0.6) is 5.75 Å². The van der Waals surface area contributed by atoms with Crippen molar-refractivity contribution in [3.05, 3.63) is 75.9 Å². The van der Waals surface area contributed by atoms with E-state index >= 15 is 0 Å². The Bertz CT molecular complexity index is 945. The van der Waals surface area contributed by atoms with E-state index in [9.17, 15) is 9.59 Å². The van der Waals surface area contributed by atoms with E-state index in [0.29, 0.717) is 11.4 Å². The number of carbonyl (C=O) groups is 1. The highest BCUT2D eigenvalue weighted by Gasteiger charge is 2.10. The standard InChI is InChI=1S/C18H16BrN3O3/c1-25-16-4-2-3-14(11-16)20-17(23)12-21-9-10-22(18(21)24)15-7-5-13(19)6-8-15/h2-11H,12H2,1H3,(H,20,23). The van der Waals surface area contributed by atoms with Gasteiger partial charge < -0.3 is 10.1 Å². The van der Waals surface area contributed by atoms with Gasteiger partial charge in [-0.15, -0.1) is 0 Å². The van der Waals surface area contributed by atoms with Crippen LogP contribution in [0, 0.1) is 0 Å². The zero-order valence-corrected chi connectivity index (χ0v) is 15.1. The Kier molecular flexibility index (Phi) is 5.04. The number of amides is 1. The number of imidazole rings is 1. The lowest BCUT2D eigenvalue weighted by molar-refractivity contribution is -0.116. The van der Waals surface area contributed by atoms with Gasteiger partial charge in [0.2, 0.25) is 5.91 Å². The molecule has 1 N–H and O–H groups in total. The van der Waals surface area contributed by atoms with E-state index in [1.54, 1.807) is 43.8 Å². The highest BCUT2D eigenvalue weighted by molar-refractivity contribution is 9.10. The van der Waals surface area contributed by atoms with Crippen molar-refractivity contribution < 1.29 is 9.53 Å². The molecule has 1 aromatic heterocycles. The predicted octanol–water partition coefficient (Wildman–Crippen LogP) is 3.05. The number of benzene rings is 2. The van der Waals surface area contributed by atoms with Gasteiger partial charge in [0.05, 0.1) is 12.8 Å². The summed E-state index contributed by atoms with van der Waals surface area (Å²) in [5.74, 6) is 0.361. The lowest BCUT2D eigenvalue weighted by Crippen LogP contribution is -2.28. The molecule has 2 aromatic carbocycles. The smallest absolute Gasteiger partial charge is 0.333 e. The van der Waals surface area contributed by atoms with Crippen molar-refractivity contribution in [3.8, 4) is 11.4 Å². The molecular weight excluding hydrogens is 386 g/mol. The molecule has 1 amide bonds. The number of ether oxygens (including phenoxy) is 1. The highest BCUT2D eigenvalue weighted by atomic mass is 79.9. The normalized spacial score (nSPS) is 10.5. The van der Waals surface area contributed by atoms with Crippen LogP contribution in [0.25, 0.3) is 5.69 Å². The van der Waals surface area contributed by atoms with Gasteiger partial charge in [0.1, 0.15) is 12.3 Å². The first kappa shape index (κ1) is 17.0. The molecule has 6 nitrogen and oxygen atoms in total. The number of hydrogen-bond acceptors (Lipinski definition) is 3. The maximum Gasteiger partial charge on any atom is 0.333 e. The Hall–Kier alpha value is -2.80. The lowest BCUT2D eigenvalue weighted by atomic mass is 10.3. The van der Waals surface area contributed by atoms with Gasteiger partial charge in [-0.05, 0) is 36.4 Å². The van der Waals surface area contributed by atoms with Gasteiger partial charge in [-0.25, -0.2) is 4.79 Å². The van der Waals surface area contributed by atoms with Gasteiger partial charge in [0.25, 0.3) is 0 Å². The van der Waals surface area contributed by atoms with Crippen LogP contribution < -0.4 is 15.7 Å². The third kappa shape index (κ3) is 4.00. The molecule has 25 heavy (non-hydrogen) atoms. The van der Waals surface area contributed by atoms with E-state index < -0.39 is 0 Å². The number of carbonyl (C=O) groups excluding carboxylic acids is 1. The van der Waals surface area contributed by atoms with Gasteiger partial charge in [0.15, 0.2) is 0 Å². The SMILES string of the molecule is COc1cccc(NC(=O)Cn2ccn(-c3ccc(Br)cc3)c2=O)c1. The van der Waals surface area contributed by atoms with Crippen molar-refractivity contribution in [1.82, 2.24) is 9.13 Å². The number of anilines is 1. The van der Waals surface area contributed by atoms with Gasteiger partial charge in [-0.2, -0.15) is 0 Å². The number of hydrogen-bond donors (Lipinski definition) is 1. The summed E-state index contributed by atoms with van der Waals surface area (Å²) in [6.07, 6.45) is 3.24. The largest absolute Gasteiger partial charge is 0.497 e. The van der Waals surface area contributed by atoms with Crippen molar-refractivity contribution in [2.24, 2.45) is 0 Å². The molecule has 0 atom stereocenters. The molecule has 0 bridgehead atoms. The van der Waals surface area contributed by atoms with Crippen molar-refractivity contribution in [3.63, 3.8) is 0 Å². The minimum atomic E-state index is -0.288. The van der Waals surface area contributed by atoms with Crippen LogP contribution in [0.15, 0.2) is 70.2 Å². The first-order valence-electron chi connectivity index (χ1n) is 7.54. The van der Waals surface area contributed by atoms with E-state index in [0.717, 1.165) is 10.2 Å². The summed E-state index contributed by atoms with van der Waals surface area (Å²) in [5.41, 5.74) is 1.08. The third-order valence-electron chi connectivity index (χ3n) is 3.62. The van der Waals surface area contributed by atoms with Crippen molar-refractivity contribution in [2.45, 2.75) is 6.54 Å². The van der Waals surface area contributed by atoms with E-state index in [2.05, 4.69) is 21.2 Å². The maximum absolute atomic E-state index is 12.5. The molecule has 0 saturated heterocycles. The highest BCUT2D eigenvalue weighted by Crippen LogP contribution is 2.16. The van der Waals surface area contributed by atoms with E-state index in [-0.39, 0.29) is 18.1 Å². The van der Waals surface area contributed by atoms with Crippen LogP contribution in [-0.2, 0) is 11.3 Å². The molecule has 128 valence electrons. The molecule has 0 radical (unpaired) electrons. The molecule has 7 heteroatoms. The van der Waals surface area contributed by atoms with Crippen molar-refractivity contribution >= 4 is 27.5 Å². The Morgan fingerprint density at radius 1 is 1.16 bits per heavy atom. The predicted molar refractivity (Wildman–Crippen MR) is 99.4 cm³/mol. The summed E-state index contributed by atoms with van der Waals surface area (Å²) in [6.45, 7) is -0.0699. The lowest BCUT2D eigenvalue weighted by Gasteiger charge is -2.07. The Morgan fingerprint density at radius 2 is 1.92 bits per heavy atom. The van der Waals surface area contributed by atoms with Gasteiger partial charge in [-0.3, -0.25) is 13.9 Å². The molecule has 1 heterocycles. The summed E-state index contributed by atoms with van der Waals surface area (Å²) in [7, 11) is 1.56. The number of methoxy groups -OCH3 is 1. The maximum atomic E-state index is 12.5. The molecule has 0 spiro atoms. The number of nitrogens with zero attached hydrogens (tertiary/aromatic N) is 2.